The lowest BCUT2D eigenvalue weighted by Crippen LogP contribution is -2.45. The summed E-state index contributed by atoms with van der Waals surface area (Å²) in [5, 5.41) is 19.2. The van der Waals surface area contributed by atoms with E-state index in [-0.39, 0.29) is 12.7 Å². The van der Waals surface area contributed by atoms with E-state index in [0.29, 0.717) is 0 Å². The van der Waals surface area contributed by atoms with Gasteiger partial charge in [-0.25, -0.2) is 0 Å². The van der Waals surface area contributed by atoms with Crippen molar-refractivity contribution in [1.82, 2.24) is 0 Å². The van der Waals surface area contributed by atoms with Gasteiger partial charge in [-0.2, -0.15) is 0 Å². The quantitative estimate of drug-likeness (QED) is 0.593. The van der Waals surface area contributed by atoms with E-state index in [1.54, 1.807) is 19.9 Å². The molecule has 1 aliphatic carbocycles. The molecule has 2 aliphatic rings. The van der Waals surface area contributed by atoms with Gasteiger partial charge in [-0.1, -0.05) is 0 Å². The van der Waals surface area contributed by atoms with E-state index in [4.69, 9.17) is 14.6 Å². The first-order valence-electron chi connectivity index (χ1n) is 4.76. The number of rotatable bonds is 1. The molecular weight excluding hydrogens is 184 g/mol. The van der Waals surface area contributed by atoms with Crippen molar-refractivity contribution >= 4 is 0 Å². The van der Waals surface area contributed by atoms with Gasteiger partial charge in [0.2, 0.25) is 0 Å². The summed E-state index contributed by atoms with van der Waals surface area (Å²) in [5.41, 5.74) is -0.375. The first-order chi connectivity index (χ1) is 6.38. The summed E-state index contributed by atoms with van der Waals surface area (Å²) < 4.78 is 11.2. The summed E-state index contributed by atoms with van der Waals surface area (Å²) in [6, 6.07) is 0. The second-order valence-corrected chi connectivity index (χ2v) is 4.51. The Morgan fingerprint density at radius 1 is 1.43 bits per heavy atom. The summed E-state index contributed by atoms with van der Waals surface area (Å²) >= 11 is 0. The zero-order chi connectivity index (χ0) is 10.6. The second kappa shape index (κ2) is 2.79. The van der Waals surface area contributed by atoms with Crippen LogP contribution in [-0.4, -0.2) is 40.4 Å². The fourth-order valence-corrected chi connectivity index (χ4v) is 2.15. The van der Waals surface area contributed by atoms with Gasteiger partial charge in [-0.15, -0.1) is 0 Å². The van der Waals surface area contributed by atoms with Crippen LogP contribution >= 0.6 is 0 Å². The Balaban J connectivity index is 2.30. The van der Waals surface area contributed by atoms with Crippen LogP contribution in [0.1, 0.15) is 20.8 Å². The molecule has 2 rings (SSSR count). The average molecular weight is 200 g/mol. The maximum absolute atomic E-state index is 10.0. The molecular formula is C10H16O4. The lowest BCUT2D eigenvalue weighted by atomic mass is 10.0. The molecule has 0 aromatic rings. The third-order valence-corrected chi connectivity index (χ3v) is 2.77. The zero-order valence-corrected chi connectivity index (χ0v) is 8.65. The largest absolute Gasteiger partial charge is 0.393 e. The van der Waals surface area contributed by atoms with Crippen molar-refractivity contribution in [3.05, 3.63) is 11.6 Å². The van der Waals surface area contributed by atoms with Gasteiger partial charge in [-0.3, -0.25) is 0 Å². The van der Waals surface area contributed by atoms with E-state index < -0.39 is 17.5 Å². The van der Waals surface area contributed by atoms with Crippen LogP contribution in [0.3, 0.4) is 0 Å². The van der Waals surface area contributed by atoms with Gasteiger partial charge in [0.1, 0.15) is 17.8 Å². The van der Waals surface area contributed by atoms with E-state index >= 15 is 0 Å². The Labute approximate surface area is 83.1 Å². The van der Waals surface area contributed by atoms with Crippen LogP contribution in [0.15, 0.2) is 11.6 Å². The third-order valence-electron chi connectivity index (χ3n) is 2.77. The molecule has 1 heterocycles. The van der Waals surface area contributed by atoms with Crippen molar-refractivity contribution in [1.29, 1.82) is 0 Å². The van der Waals surface area contributed by atoms with Crippen LogP contribution in [0.4, 0.5) is 0 Å². The van der Waals surface area contributed by atoms with Crippen molar-refractivity contribution in [3.8, 4) is 0 Å². The molecule has 80 valence electrons. The maximum Gasteiger partial charge on any atom is 0.164 e. The molecule has 0 unspecified atom stereocenters. The van der Waals surface area contributed by atoms with Gasteiger partial charge in [0.05, 0.1) is 6.61 Å². The average Bonchev–Trinajstić information content (AvgIpc) is 2.50. The maximum atomic E-state index is 10.0. The number of aliphatic hydroxyl groups excluding tert-OH is 1. The summed E-state index contributed by atoms with van der Waals surface area (Å²) in [5.74, 6) is -0.687. The molecule has 3 atom stereocenters. The molecule has 1 fully saturated rings. The molecule has 0 amide bonds. The molecule has 0 bridgehead atoms. The Kier molecular flexibility index (Phi) is 2.02. The predicted octanol–water partition coefficient (Wildman–Crippen LogP) is 0.190. The molecule has 2 N–H and O–H groups in total. The summed E-state index contributed by atoms with van der Waals surface area (Å²) in [7, 11) is 0. The van der Waals surface area contributed by atoms with Gasteiger partial charge in [0.25, 0.3) is 0 Å². The fraction of sp³-hybridized carbons (Fsp3) is 0.800. The highest BCUT2D eigenvalue weighted by Crippen LogP contribution is 2.42. The number of aliphatic hydroxyl groups is 2. The molecule has 1 saturated heterocycles. The highest BCUT2D eigenvalue weighted by Gasteiger charge is 2.55. The van der Waals surface area contributed by atoms with Crippen LogP contribution in [0, 0.1) is 0 Å². The summed E-state index contributed by atoms with van der Waals surface area (Å²) in [6.45, 7) is 5.13. The van der Waals surface area contributed by atoms with Crippen LogP contribution in [0.5, 0.6) is 0 Å². The standard InChI is InChI=1S/C10H16O4/c1-6-4-10(12,5-11)8-7(6)13-9(2,3)14-8/h4,7-8,11-12H,5H2,1-3H3/t7-,8-,10+/m0/s1. The lowest BCUT2D eigenvalue weighted by molar-refractivity contribution is -0.169. The molecule has 4 nitrogen and oxygen atoms in total. The van der Waals surface area contributed by atoms with Gasteiger partial charge in [-0.05, 0) is 32.4 Å². The molecule has 0 spiro atoms. The SMILES string of the molecule is CC1=C[C@@](O)(CO)[C@H]2OC(C)(C)O[C@@H]12. The zero-order valence-electron chi connectivity index (χ0n) is 8.65. The topological polar surface area (TPSA) is 58.9 Å². The van der Waals surface area contributed by atoms with Crippen molar-refractivity contribution < 1.29 is 19.7 Å². The number of hydrogen-bond donors (Lipinski definition) is 2. The normalized spacial score (nSPS) is 45.1. The Hall–Kier alpha value is -0.420. The highest BCUT2D eigenvalue weighted by atomic mass is 16.8. The van der Waals surface area contributed by atoms with E-state index in [9.17, 15) is 5.11 Å². The highest BCUT2D eigenvalue weighted by molar-refractivity contribution is 5.29. The summed E-state index contributed by atoms with van der Waals surface area (Å²) in [6.07, 6.45) is 0.905. The Morgan fingerprint density at radius 3 is 2.64 bits per heavy atom. The Morgan fingerprint density at radius 2 is 2.07 bits per heavy atom. The molecule has 14 heavy (non-hydrogen) atoms. The third kappa shape index (κ3) is 1.30. The predicted molar refractivity (Wildman–Crippen MR) is 49.6 cm³/mol. The first-order valence-corrected chi connectivity index (χ1v) is 4.76. The van der Waals surface area contributed by atoms with Crippen LogP contribution in [0.2, 0.25) is 0 Å². The van der Waals surface area contributed by atoms with Crippen molar-refractivity contribution in [3.63, 3.8) is 0 Å². The molecule has 0 radical (unpaired) electrons. The fourth-order valence-electron chi connectivity index (χ4n) is 2.15. The molecule has 4 heteroatoms. The summed E-state index contributed by atoms with van der Waals surface area (Å²) in [4.78, 5) is 0. The monoisotopic (exact) mass is 200 g/mol. The van der Waals surface area contributed by atoms with Crippen LogP contribution in [0.25, 0.3) is 0 Å². The first kappa shape index (κ1) is 10.1. The smallest absolute Gasteiger partial charge is 0.164 e. The van der Waals surface area contributed by atoms with Gasteiger partial charge >= 0.3 is 0 Å². The van der Waals surface area contributed by atoms with E-state index in [2.05, 4.69) is 0 Å². The lowest BCUT2D eigenvalue weighted by Gasteiger charge is -2.26. The number of ether oxygens (including phenoxy) is 2. The van der Waals surface area contributed by atoms with Crippen LogP contribution in [-0.2, 0) is 9.47 Å². The molecule has 0 aromatic heterocycles. The van der Waals surface area contributed by atoms with E-state index in [0.717, 1.165) is 5.57 Å². The minimum Gasteiger partial charge on any atom is -0.393 e. The van der Waals surface area contributed by atoms with E-state index in [1.807, 2.05) is 6.92 Å². The molecule has 1 aliphatic heterocycles. The Bertz CT molecular complexity index is 284. The minimum absolute atomic E-state index is 0.234. The number of fused-ring (bicyclic) bond motifs is 1. The van der Waals surface area contributed by atoms with Crippen molar-refractivity contribution in [2.75, 3.05) is 6.61 Å². The van der Waals surface area contributed by atoms with Crippen molar-refractivity contribution in [2.45, 2.75) is 44.4 Å². The minimum atomic E-state index is -1.29. The van der Waals surface area contributed by atoms with Crippen molar-refractivity contribution in [2.24, 2.45) is 0 Å². The second-order valence-electron chi connectivity index (χ2n) is 4.51. The van der Waals surface area contributed by atoms with Crippen LogP contribution < -0.4 is 0 Å². The van der Waals surface area contributed by atoms with Gasteiger partial charge in [0.15, 0.2) is 5.79 Å². The van der Waals surface area contributed by atoms with E-state index in [1.165, 1.54) is 0 Å². The molecule has 0 aromatic carbocycles. The number of hydrogen-bond acceptors (Lipinski definition) is 4. The van der Waals surface area contributed by atoms with Gasteiger partial charge in [0, 0.05) is 0 Å². The molecule has 0 saturated carbocycles. The van der Waals surface area contributed by atoms with Gasteiger partial charge < -0.3 is 19.7 Å².